The average Bonchev–Trinajstić information content (AvgIpc) is 2.12. The van der Waals surface area contributed by atoms with Crippen molar-refractivity contribution in [1.29, 1.82) is 0 Å². The van der Waals surface area contributed by atoms with Crippen LogP contribution in [0.1, 0.15) is 5.56 Å². The zero-order chi connectivity index (χ0) is 11.9. The molecule has 0 saturated carbocycles. The Labute approximate surface area is 100 Å². The minimum atomic E-state index is -3.39. The van der Waals surface area contributed by atoms with Gasteiger partial charge in [-0.05, 0) is 30.7 Å². The Morgan fingerprint density at radius 2 is 2.06 bits per heavy atom. The van der Waals surface area contributed by atoms with E-state index in [1.807, 2.05) is 0 Å². The minimum Gasteiger partial charge on any atom is -0.325 e. The lowest BCUT2D eigenvalue weighted by molar-refractivity contribution is 0.265. The van der Waals surface area contributed by atoms with Crippen LogP contribution in [-0.2, 0) is 10.0 Å². The number of rotatable bonds is 2. The third-order valence-electron chi connectivity index (χ3n) is 2.63. The van der Waals surface area contributed by atoms with Crippen molar-refractivity contribution in [1.82, 2.24) is 4.31 Å². The van der Waals surface area contributed by atoms with Crippen molar-refractivity contribution in [3.05, 3.63) is 28.8 Å². The summed E-state index contributed by atoms with van der Waals surface area (Å²) >= 11 is 5.79. The number of aryl methyl sites for hydroxylation is 1. The quantitative estimate of drug-likeness (QED) is 0.862. The molecule has 0 spiro atoms. The lowest BCUT2D eigenvalue weighted by Gasteiger charge is -2.35. The van der Waals surface area contributed by atoms with Crippen LogP contribution in [0.15, 0.2) is 23.1 Å². The maximum atomic E-state index is 12.1. The molecular weight excluding hydrogens is 248 g/mol. The first-order chi connectivity index (χ1) is 7.41. The molecule has 2 rings (SSSR count). The molecule has 1 fully saturated rings. The molecule has 1 aliphatic heterocycles. The summed E-state index contributed by atoms with van der Waals surface area (Å²) in [4.78, 5) is 0.309. The number of benzene rings is 1. The first kappa shape index (κ1) is 11.9. The normalized spacial score (nSPS) is 18.4. The highest BCUT2D eigenvalue weighted by molar-refractivity contribution is 7.89. The summed E-state index contributed by atoms with van der Waals surface area (Å²) in [6.07, 6.45) is 0. The first-order valence-corrected chi connectivity index (χ1v) is 6.75. The topological polar surface area (TPSA) is 63.4 Å². The van der Waals surface area contributed by atoms with E-state index in [-0.39, 0.29) is 6.04 Å². The van der Waals surface area contributed by atoms with Gasteiger partial charge in [0.05, 0.1) is 4.90 Å². The summed E-state index contributed by atoms with van der Waals surface area (Å²) in [7, 11) is -3.39. The van der Waals surface area contributed by atoms with E-state index in [1.54, 1.807) is 19.1 Å². The zero-order valence-electron chi connectivity index (χ0n) is 8.85. The predicted molar refractivity (Wildman–Crippen MR) is 62.9 cm³/mol. The molecule has 4 nitrogen and oxygen atoms in total. The highest BCUT2D eigenvalue weighted by Crippen LogP contribution is 2.25. The monoisotopic (exact) mass is 260 g/mol. The Bertz CT molecular complexity index is 510. The summed E-state index contributed by atoms with van der Waals surface area (Å²) in [5, 5.41) is 0.539. The molecular formula is C10H13ClN2O2S. The Morgan fingerprint density at radius 3 is 2.56 bits per heavy atom. The van der Waals surface area contributed by atoms with Crippen LogP contribution in [0.5, 0.6) is 0 Å². The molecule has 88 valence electrons. The van der Waals surface area contributed by atoms with E-state index >= 15 is 0 Å². The van der Waals surface area contributed by atoms with Gasteiger partial charge in [0.25, 0.3) is 0 Å². The van der Waals surface area contributed by atoms with Gasteiger partial charge in [-0.1, -0.05) is 11.6 Å². The number of halogens is 1. The van der Waals surface area contributed by atoms with E-state index < -0.39 is 10.0 Å². The van der Waals surface area contributed by atoms with Crippen LogP contribution >= 0.6 is 11.6 Å². The molecule has 0 aliphatic carbocycles. The van der Waals surface area contributed by atoms with Gasteiger partial charge in [-0.15, -0.1) is 0 Å². The Morgan fingerprint density at radius 1 is 1.44 bits per heavy atom. The second-order valence-electron chi connectivity index (χ2n) is 3.99. The van der Waals surface area contributed by atoms with Gasteiger partial charge in [-0.3, -0.25) is 0 Å². The van der Waals surface area contributed by atoms with Crippen molar-refractivity contribution in [3.8, 4) is 0 Å². The number of sulfonamides is 1. The second kappa shape index (κ2) is 4.00. The molecule has 16 heavy (non-hydrogen) atoms. The van der Waals surface area contributed by atoms with Gasteiger partial charge >= 0.3 is 0 Å². The fourth-order valence-corrected chi connectivity index (χ4v) is 3.69. The molecule has 1 aromatic rings. The van der Waals surface area contributed by atoms with E-state index in [9.17, 15) is 8.42 Å². The molecule has 0 amide bonds. The molecule has 1 saturated heterocycles. The molecule has 0 bridgehead atoms. The number of nitrogens with two attached hydrogens (primary N) is 1. The molecule has 1 aliphatic rings. The lowest BCUT2D eigenvalue weighted by Crippen LogP contribution is -2.57. The molecule has 2 N–H and O–H groups in total. The standard InChI is InChI=1S/C10H13ClN2O2S/c1-7-4-8(11)2-3-10(7)16(14,15)13-5-9(12)6-13/h2-4,9H,5-6,12H2,1H3. The summed E-state index contributed by atoms with van der Waals surface area (Å²) in [6.45, 7) is 2.52. The number of hydrogen-bond donors (Lipinski definition) is 1. The van der Waals surface area contributed by atoms with Gasteiger partial charge in [-0.2, -0.15) is 4.31 Å². The van der Waals surface area contributed by atoms with Crippen LogP contribution in [0.2, 0.25) is 5.02 Å². The lowest BCUT2D eigenvalue weighted by atomic mass is 10.2. The van der Waals surface area contributed by atoms with E-state index in [4.69, 9.17) is 17.3 Å². The highest BCUT2D eigenvalue weighted by Gasteiger charge is 2.35. The third-order valence-corrected chi connectivity index (χ3v) is 4.86. The van der Waals surface area contributed by atoms with Gasteiger partial charge in [0.2, 0.25) is 10.0 Å². The van der Waals surface area contributed by atoms with Crippen LogP contribution in [0.3, 0.4) is 0 Å². The summed E-state index contributed by atoms with van der Waals surface area (Å²) in [6, 6.07) is 4.73. The molecule has 0 radical (unpaired) electrons. The molecule has 1 heterocycles. The zero-order valence-corrected chi connectivity index (χ0v) is 10.4. The van der Waals surface area contributed by atoms with Crippen LogP contribution in [-0.4, -0.2) is 31.9 Å². The fraction of sp³-hybridized carbons (Fsp3) is 0.400. The summed E-state index contributed by atoms with van der Waals surface area (Å²) in [5.74, 6) is 0. The Balaban J connectivity index is 2.36. The van der Waals surface area contributed by atoms with Gasteiger partial charge in [-0.25, -0.2) is 8.42 Å². The van der Waals surface area contributed by atoms with Gasteiger partial charge in [0, 0.05) is 24.2 Å². The van der Waals surface area contributed by atoms with Crippen LogP contribution in [0.4, 0.5) is 0 Å². The van der Waals surface area contributed by atoms with Crippen LogP contribution < -0.4 is 5.73 Å². The molecule has 6 heteroatoms. The maximum Gasteiger partial charge on any atom is 0.243 e. The van der Waals surface area contributed by atoms with Gasteiger partial charge in [0.15, 0.2) is 0 Å². The van der Waals surface area contributed by atoms with E-state index in [1.165, 1.54) is 10.4 Å². The highest BCUT2D eigenvalue weighted by atomic mass is 35.5. The largest absolute Gasteiger partial charge is 0.325 e. The van der Waals surface area contributed by atoms with Crippen LogP contribution in [0, 0.1) is 6.92 Å². The van der Waals surface area contributed by atoms with Crippen molar-refractivity contribution in [2.45, 2.75) is 17.9 Å². The van der Waals surface area contributed by atoms with Crippen LogP contribution in [0.25, 0.3) is 0 Å². The predicted octanol–water partition coefficient (Wildman–Crippen LogP) is 0.980. The Hall–Kier alpha value is -0.620. The molecule has 1 aromatic carbocycles. The third kappa shape index (κ3) is 1.96. The molecule has 0 aromatic heterocycles. The summed E-state index contributed by atoms with van der Waals surface area (Å²) in [5.41, 5.74) is 6.24. The smallest absolute Gasteiger partial charge is 0.243 e. The Kier molecular flexibility index (Phi) is 2.96. The molecule has 0 unspecified atom stereocenters. The average molecular weight is 261 g/mol. The SMILES string of the molecule is Cc1cc(Cl)ccc1S(=O)(=O)N1CC(N)C1. The fourth-order valence-electron chi connectivity index (χ4n) is 1.71. The van der Waals surface area contributed by atoms with Crippen molar-refractivity contribution in [2.24, 2.45) is 5.73 Å². The molecule has 0 atom stereocenters. The van der Waals surface area contributed by atoms with E-state index in [0.29, 0.717) is 28.6 Å². The summed E-state index contributed by atoms with van der Waals surface area (Å²) < 4.78 is 25.6. The maximum absolute atomic E-state index is 12.1. The van der Waals surface area contributed by atoms with Crippen molar-refractivity contribution < 1.29 is 8.42 Å². The second-order valence-corrected chi connectivity index (χ2v) is 6.33. The van der Waals surface area contributed by atoms with Gasteiger partial charge < -0.3 is 5.73 Å². The van der Waals surface area contributed by atoms with Crippen molar-refractivity contribution >= 4 is 21.6 Å². The minimum absolute atomic E-state index is 0.0395. The van der Waals surface area contributed by atoms with Crippen molar-refractivity contribution in [3.63, 3.8) is 0 Å². The number of hydrogen-bond acceptors (Lipinski definition) is 3. The first-order valence-electron chi connectivity index (χ1n) is 4.93. The van der Waals surface area contributed by atoms with E-state index in [0.717, 1.165) is 0 Å². The number of nitrogens with zero attached hydrogens (tertiary/aromatic N) is 1. The van der Waals surface area contributed by atoms with Gasteiger partial charge in [0.1, 0.15) is 0 Å². The van der Waals surface area contributed by atoms with E-state index in [2.05, 4.69) is 0 Å². The van der Waals surface area contributed by atoms with Crippen molar-refractivity contribution in [2.75, 3.05) is 13.1 Å².